The van der Waals surface area contributed by atoms with Gasteiger partial charge >= 0.3 is 5.97 Å². The van der Waals surface area contributed by atoms with Gasteiger partial charge in [-0.2, -0.15) is 0 Å². The lowest BCUT2D eigenvalue weighted by atomic mass is 9.81. The monoisotopic (exact) mass is 248 g/mol. The summed E-state index contributed by atoms with van der Waals surface area (Å²) in [5.41, 5.74) is -0.142. The van der Waals surface area contributed by atoms with Crippen molar-refractivity contribution in [1.82, 2.24) is 0 Å². The molecule has 5 atom stereocenters. The van der Waals surface area contributed by atoms with Crippen LogP contribution in [0.1, 0.15) is 6.42 Å². The highest BCUT2D eigenvalue weighted by molar-refractivity contribution is 5.87. The van der Waals surface area contributed by atoms with Crippen LogP contribution in [0.3, 0.4) is 0 Å². The largest absolute Gasteiger partial charge is 0.478 e. The SMILES string of the molecule is O=C(O)C1=C[C@@H](C(O)C(O)CO)[C@@H](O)[C@H](O)C1. The van der Waals surface area contributed by atoms with Crippen LogP contribution in [0.4, 0.5) is 0 Å². The van der Waals surface area contributed by atoms with Crippen molar-refractivity contribution in [2.75, 3.05) is 6.61 Å². The molecule has 0 heterocycles. The van der Waals surface area contributed by atoms with Crippen LogP contribution in [0, 0.1) is 5.92 Å². The van der Waals surface area contributed by atoms with E-state index in [1.165, 1.54) is 0 Å². The molecule has 1 rings (SSSR count). The summed E-state index contributed by atoms with van der Waals surface area (Å²) in [7, 11) is 0. The van der Waals surface area contributed by atoms with Crippen molar-refractivity contribution in [2.45, 2.75) is 30.8 Å². The number of hydrogen-bond acceptors (Lipinski definition) is 6. The first-order valence-corrected chi connectivity index (χ1v) is 5.15. The second-order valence-corrected chi connectivity index (χ2v) is 4.08. The molecule has 0 fully saturated rings. The Kier molecular flexibility index (Phi) is 4.61. The maximum atomic E-state index is 10.8. The zero-order valence-corrected chi connectivity index (χ0v) is 8.97. The van der Waals surface area contributed by atoms with Crippen molar-refractivity contribution < 1.29 is 35.4 Å². The summed E-state index contributed by atoms with van der Waals surface area (Å²) in [6.07, 6.45) is -4.88. The fraction of sp³-hybridized carbons (Fsp3) is 0.700. The third kappa shape index (κ3) is 3.02. The third-order valence-electron chi connectivity index (χ3n) is 2.86. The molecule has 0 spiro atoms. The van der Waals surface area contributed by atoms with Crippen LogP contribution in [0.2, 0.25) is 0 Å². The number of aliphatic carboxylic acids is 1. The number of rotatable bonds is 4. The van der Waals surface area contributed by atoms with Gasteiger partial charge in [0.05, 0.1) is 24.9 Å². The van der Waals surface area contributed by atoms with Gasteiger partial charge in [-0.15, -0.1) is 0 Å². The van der Waals surface area contributed by atoms with Crippen molar-refractivity contribution in [1.29, 1.82) is 0 Å². The van der Waals surface area contributed by atoms with Crippen LogP contribution in [0.5, 0.6) is 0 Å². The van der Waals surface area contributed by atoms with E-state index < -0.39 is 42.9 Å². The minimum atomic E-state index is -1.54. The van der Waals surface area contributed by atoms with Gasteiger partial charge in [-0.25, -0.2) is 4.79 Å². The van der Waals surface area contributed by atoms with Crippen LogP contribution in [0.25, 0.3) is 0 Å². The molecule has 7 nitrogen and oxygen atoms in total. The summed E-state index contributed by atoms with van der Waals surface area (Å²) in [5.74, 6) is -2.39. The lowest BCUT2D eigenvalue weighted by molar-refractivity contribution is -0.134. The normalized spacial score (nSPS) is 32.8. The van der Waals surface area contributed by atoms with Crippen LogP contribution >= 0.6 is 0 Å². The molecule has 0 saturated heterocycles. The van der Waals surface area contributed by atoms with Gasteiger partial charge in [-0.05, 0) is 0 Å². The lowest BCUT2D eigenvalue weighted by Gasteiger charge is -2.34. The Morgan fingerprint density at radius 2 is 2.00 bits per heavy atom. The van der Waals surface area contributed by atoms with E-state index in [-0.39, 0.29) is 12.0 Å². The molecule has 1 aliphatic carbocycles. The first-order valence-electron chi connectivity index (χ1n) is 5.15. The average molecular weight is 248 g/mol. The minimum Gasteiger partial charge on any atom is -0.478 e. The van der Waals surface area contributed by atoms with E-state index in [9.17, 15) is 25.2 Å². The Hall–Kier alpha value is -0.990. The van der Waals surface area contributed by atoms with Gasteiger partial charge in [0.2, 0.25) is 0 Å². The van der Waals surface area contributed by atoms with Crippen molar-refractivity contribution in [3.63, 3.8) is 0 Å². The first-order chi connectivity index (χ1) is 7.88. The molecule has 6 N–H and O–H groups in total. The van der Waals surface area contributed by atoms with E-state index in [2.05, 4.69) is 0 Å². The molecule has 0 aliphatic heterocycles. The molecule has 1 aliphatic rings. The van der Waals surface area contributed by atoms with E-state index in [4.69, 9.17) is 10.2 Å². The highest BCUT2D eigenvalue weighted by Gasteiger charge is 2.38. The topological polar surface area (TPSA) is 138 Å². The van der Waals surface area contributed by atoms with Crippen LogP contribution in [0.15, 0.2) is 11.6 Å². The highest BCUT2D eigenvalue weighted by atomic mass is 16.4. The molecular formula is C10H16O7. The molecule has 7 heteroatoms. The summed E-state index contributed by atoms with van der Waals surface area (Å²) < 4.78 is 0. The van der Waals surface area contributed by atoms with E-state index >= 15 is 0 Å². The highest BCUT2D eigenvalue weighted by Crippen LogP contribution is 2.27. The van der Waals surface area contributed by atoms with Gasteiger partial charge in [0.1, 0.15) is 6.10 Å². The predicted molar refractivity (Wildman–Crippen MR) is 54.9 cm³/mol. The summed E-state index contributed by atoms with van der Waals surface area (Å²) >= 11 is 0. The third-order valence-corrected chi connectivity index (χ3v) is 2.86. The number of carbonyl (C=O) groups is 1. The van der Waals surface area contributed by atoms with Crippen molar-refractivity contribution >= 4 is 5.97 Å². The van der Waals surface area contributed by atoms with E-state index in [1.807, 2.05) is 0 Å². The summed E-state index contributed by atoms with van der Waals surface area (Å²) in [6, 6.07) is 0. The van der Waals surface area contributed by atoms with E-state index in [0.717, 1.165) is 6.08 Å². The van der Waals surface area contributed by atoms with Gasteiger partial charge in [-0.1, -0.05) is 6.08 Å². The lowest BCUT2D eigenvalue weighted by Crippen LogP contribution is -2.47. The fourth-order valence-corrected chi connectivity index (χ4v) is 1.83. The zero-order valence-electron chi connectivity index (χ0n) is 8.97. The molecule has 0 saturated carbocycles. The Labute approximate surface area is 97.3 Å². The standard InChI is InChI=1S/C10H16O7/c11-3-7(13)9(15)5-1-4(10(16)17)2-6(12)8(5)14/h1,5-9,11-15H,2-3H2,(H,16,17)/t5-,6-,7?,8-,9?/m1/s1. The Bertz CT molecular complexity index is 314. The predicted octanol–water partition coefficient (Wildman–Crippen LogP) is -2.55. The minimum absolute atomic E-state index is 0.142. The first kappa shape index (κ1) is 14.1. The molecule has 0 radical (unpaired) electrons. The molecule has 0 aromatic carbocycles. The second kappa shape index (κ2) is 5.56. The number of carboxylic acid groups (broad SMARTS) is 1. The smallest absolute Gasteiger partial charge is 0.331 e. The molecule has 2 unspecified atom stereocenters. The molecule has 0 aromatic rings. The van der Waals surface area contributed by atoms with Gasteiger partial charge in [0, 0.05) is 17.9 Å². The molecular weight excluding hydrogens is 232 g/mol. The zero-order chi connectivity index (χ0) is 13.2. The summed E-state index contributed by atoms with van der Waals surface area (Å²) in [6.45, 7) is -0.725. The quantitative estimate of drug-likeness (QED) is 0.322. The van der Waals surface area contributed by atoms with Gasteiger partial charge in [-0.3, -0.25) is 0 Å². The van der Waals surface area contributed by atoms with Crippen molar-refractivity contribution in [3.05, 3.63) is 11.6 Å². The van der Waals surface area contributed by atoms with E-state index in [0.29, 0.717) is 0 Å². The van der Waals surface area contributed by atoms with Gasteiger partial charge in [0.15, 0.2) is 0 Å². The van der Waals surface area contributed by atoms with Crippen LogP contribution in [-0.4, -0.2) is 67.6 Å². The molecule has 17 heavy (non-hydrogen) atoms. The van der Waals surface area contributed by atoms with Gasteiger partial charge in [0.25, 0.3) is 0 Å². The Balaban J connectivity index is 2.94. The Morgan fingerprint density at radius 1 is 1.41 bits per heavy atom. The second-order valence-electron chi connectivity index (χ2n) is 4.08. The number of hydrogen-bond donors (Lipinski definition) is 6. The van der Waals surface area contributed by atoms with Crippen molar-refractivity contribution in [2.24, 2.45) is 5.92 Å². The average Bonchev–Trinajstić information content (AvgIpc) is 2.30. The maximum absolute atomic E-state index is 10.8. The fourth-order valence-electron chi connectivity index (χ4n) is 1.83. The summed E-state index contributed by atoms with van der Waals surface area (Å²) in [4.78, 5) is 10.8. The number of aliphatic hydroxyl groups is 5. The van der Waals surface area contributed by atoms with Gasteiger partial charge < -0.3 is 30.6 Å². The number of carboxylic acids is 1. The number of aliphatic hydroxyl groups excluding tert-OH is 5. The molecule has 0 amide bonds. The van der Waals surface area contributed by atoms with Crippen LogP contribution in [-0.2, 0) is 4.79 Å². The molecule has 98 valence electrons. The Morgan fingerprint density at radius 3 is 2.47 bits per heavy atom. The molecule has 0 bridgehead atoms. The molecule has 0 aromatic heterocycles. The maximum Gasteiger partial charge on any atom is 0.331 e. The summed E-state index contributed by atoms with van der Waals surface area (Å²) in [5, 5.41) is 55.4. The van der Waals surface area contributed by atoms with E-state index in [1.54, 1.807) is 0 Å². The van der Waals surface area contributed by atoms with Crippen molar-refractivity contribution in [3.8, 4) is 0 Å². The van der Waals surface area contributed by atoms with Crippen LogP contribution < -0.4 is 0 Å².